The second-order valence-corrected chi connectivity index (χ2v) is 6.13. The van der Waals surface area contributed by atoms with Crippen LogP contribution in [0.15, 0.2) is 36.4 Å². The van der Waals surface area contributed by atoms with E-state index in [1.807, 2.05) is 12.1 Å². The van der Waals surface area contributed by atoms with Gasteiger partial charge in [0.1, 0.15) is 0 Å². The number of H-pyrrole nitrogens is 1. The van der Waals surface area contributed by atoms with Gasteiger partial charge in [0.15, 0.2) is 11.5 Å². The third-order valence-corrected chi connectivity index (χ3v) is 4.64. The maximum absolute atomic E-state index is 9.82. The van der Waals surface area contributed by atoms with Crippen molar-refractivity contribution in [2.75, 3.05) is 13.7 Å². The number of ether oxygens (including phenoxy) is 1. The van der Waals surface area contributed by atoms with Gasteiger partial charge in [0.05, 0.1) is 13.2 Å². The molecule has 1 aliphatic rings. The fraction of sp³-hybridized carbons (Fsp3) is 0.263. The lowest BCUT2D eigenvalue weighted by Crippen LogP contribution is -2.30. The van der Waals surface area contributed by atoms with Gasteiger partial charge in [-0.15, -0.1) is 0 Å². The summed E-state index contributed by atoms with van der Waals surface area (Å²) in [6, 6.07) is 12.2. The number of aromatic amines is 1. The first-order valence-electron chi connectivity index (χ1n) is 7.89. The molecule has 0 fully saturated rings. The molecule has 1 unspecified atom stereocenters. The molecule has 3 N–H and O–H groups in total. The number of nitrogens with one attached hydrogen (secondary N) is 2. The second kappa shape index (κ2) is 5.32. The highest BCUT2D eigenvalue weighted by Gasteiger charge is 2.25. The molecule has 0 aliphatic carbocycles. The number of aromatic nitrogens is 1. The van der Waals surface area contributed by atoms with Crippen molar-refractivity contribution in [2.24, 2.45) is 0 Å². The predicted molar refractivity (Wildman–Crippen MR) is 91.2 cm³/mol. The molecule has 1 aromatic heterocycles. The third-order valence-electron chi connectivity index (χ3n) is 4.64. The molecule has 3 aromatic rings. The molecule has 0 radical (unpaired) electrons. The number of rotatable bonds is 2. The first-order valence-corrected chi connectivity index (χ1v) is 7.89. The third kappa shape index (κ3) is 2.26. The molecule has 1 aliphatic heterocycles. The summed E-state index contributed by atoms with van der Waals surface area (Å²) in [6.07, 6.45) is 1.02. The molecule has 0 spiro atoms. The van der Waals surface area contributed by atoms with Crippen LogP contribution < -0.4 is 10.1 Å². The number of methoxy groups -OCH3 is 1. The Morgan fingerprint density at radius 1 is 1.17 bits per heavy atom. The molecule has 4 heteroatoms. The highest BCUT2D eigenvalue weighted by Crippen LogP contribution is 2.36. The number of phenolic OH excluding ortho intramolecular Hbond substituents is 1. The van der Waals surface area contributed by atoms with Gasteiger partial charge in [-0.1, -0.05) is 17.7 Å². The first-order chi connectivity index (χ1) is 11.2. The number of phenols is 1. The topological polar surface area (TPSA) is 57.3 Å². The zero-order chi connectivity index (χ0) is 16.0. The Labute approximate surface area is 135 Å². The molecule has 0 bridgehead atoms. The van der Waals surface area contributed by atoms with E-state index in [2.05, 4.69) is 35.4 Å². The fourth-order valence-corrected chi connectivity index (χ4v) is 3.50. The largest absolute Gasteiger partial charge is 0.504 e. The smallest absolute Gasteiger partial charge is 0.160 e. The molecule has 0 saturated heterocycles. The Bertz CT molecular complexity index is 882. The Morgan fingerprint density at radius 3 is 2.87 bits per heavy atom. The van der Waals surface area contributed by atoms with Gasteiger partial charge in [-0.05, 0) is 48.7 Å². The lowest BCUT2D eigenvalue weighted by molar-refractivity contribution is 0.372. The summed E-state index contributed by atoms with van der Waals surface area (Å²) in [5.41, 5.74) is 6.15. The van der Waals surface area contributed by atoms with E-state index >= 15 is 0 Å². The van der Waals surface area contributed by atoms with E-state index in [-0.39, 0.29) is 11.8 Å². The van der Waals surface area contributed by atoms with Gasteiger partial charge in [-0.3, -0.25) is 0 Å². The molecule has 0 saturated carbocycles. The molecule has 1 atom stereocenters. The molecular weight excluding hydrogens is 288 g/mol. The summed E-state index contributed by atoms with van der Waals surface area (Å²) in [5, 5.41) is 14.7. The van der Waals surface area contributed by atoms with E-state index in [0.717, 1.165) is 18.5 Å². The van der Waals surface area contributed by atoms with E-state index in [9.17, 15) is 5.11 Å². The van der Waals surface area contributed by atoms with Gasteiger partial charge >= 0.3 is 0 Å². The van der Waals surface area contributed by atoms with Gasteiger partial charge in [0, 0.05) is 23.1 Å². The maximum atomic E-state index is 9.82. The highest BCUT2D eigenvalue weighted by molar-refractivity contribution is 5.86. The minimum absolute atomic E-state index is 0.0842. The zero-order valence-corrected chi connectivity index (χ0v) is 13.3. The minimum Gasteiger partial charge on any atom is -0.504 e. The van der Waals surface area contributed by atoms with Crippen molar-refractivity contribution in [3.63, 3.8) is 0 Å². The van der Waals surface area contributed by atoms with Crippen molar-refractivity contribution in [2.45, 2.75) is 19.4 Å². The lowest BCUT2D eigenvalue weighted by Gasteiger charge is -2.25. The summed E-state index contributed by atoms with van der Waals surface area (Å²) in [7, 11) is 1.57. The summed E-state index contributed by atoms with van der Waals surface area (Å²) in [5.74, 6) is 0.669. The number of aromatic hydroxyl groups is 1. The van der Waals surface area contributed by atoms with Crippen molar-refractivity contribution in [3.05, 3.63) is 58.8 Å². The quantitative estimate of drug-likeness (QED) is 0.680. The molecule has 2 aromatic carbocycles. The van der Waals surface area contributed by atoms with Crippen LogP contribution in [0.4, 0.5) is 0 Å². The van der Waals surface area contributed by atoms with Gasteiger partial charge in [0.2, 0.25) is 0 Å². The summed E-state index contributed by atoms with van der Waals surface area (Å²) >= 11 is 0. The van der Waals surface area contributed by atoms with Crippen molar-refractivity contribution in [1.82, 2.24) is 10.3 Å². The monoisotopic (exact) mass is 308 g/mol. The maximum Gasteiger partial charge on any atom is 0.160 e. The minimum atomic E-state index is 0.0842. The number of fused-ring (bicyclic) bond motifs is 3. The van der Waals surface area contributed by atoms with Crippen LogP contribution in [-0.4, -0.2) is 23.7 Å². The Morgan fingerprint density at radius 2 is 2.04 bits per heavy atom. The van der Waals surface area contributed by atoms with Crippen LogP contribution >= 0.6 is 0 Å². The lowest BCUT2D eigenvalue weighted by atomic mass is 9.94. The normalized spacial score (nSPS) is 17.2. The number of aryl methyl sites for hydroxylation is 1. The number of benzene rings is 2. The molecule has 0 amide bonds. The number of hydrogen-bond acceptors (Lipinski definition) is 3. The SMILES string of the molecule is COc1cc(C2NCCc3c2[nH]c2ccc(C)cc32)ccc1O. The van der Waals surface area contributed by atoms with Crippen molar-refractivity contribution >= 4 is 10.9 Å². The van der Waals surface area contributed by atoms with Gasteiger partial charge < -0.3 is 20.1 Å². The Balaban J connectivity index is 1.86. The highest BCUT2D eigenvalue weighted by atomic mass is 16.5. The molecule has 2 heterocycles. The Hall–Kier alpha value is -2.46. The van der Waals surface area contributed by atoms with Crippen molar-refractivity contribution < 1.29 is 9.84 Å². The predicted octanol–water partition coefficient (Wildman–Crippen LogP) is 3.43. The standard InChI is InChI=1S/C19H20N2O2/c1-11-3-5-15-14(9-11)13-7-8-20-18(19(13)21-15)12-4-6-16(22)17(10-12)23-2/h3-6,9-10,18,20-22H,7-8H2,1-2H3. The van der Waals surface area contributed by atoms with Crippen LogP contribution in [0.2, 0.25) is 0 Å². The van der Waals surface area contributed by atoms with Crippen LogP contribution in [0.5, 0.6) is 11.5 Å². The van der Waals surface area contributed by atoms with Crippen molar-refractivity contribution in [3.8, 4) is 11.5 Å². The van der Waals surface area contributed by atoms with Gasteiger partial charge in [-0.2, -0.15) is 0 Å². The molecular formula is C19H20N2O2. The van der Waals surface area contributed by atoms with Crippen LogP contribution in [0.25, 0.3) is 10.9 Å². The van der Waals surface area contributed by atoms with Gasteiger partial charge in [0.25, 0.3) is 0 Å². The summed E-state index contributed by atoms with van der Waals surface area (Å²) < 4.78 is 5.25. The van der Waals surface area contributed by atoms with Crippen molar-refractivity contribution in [1.29, 1.82) is 0 Å². The van der Waals surface area contributed by atoms with Crippen LogP contribution in [0.1, 0.15) is 28.4 Å². The first kappa shape index (κ1) is 14.2. The average molecular weight is 308 g/mol. The van der Waals surface area contributed by atoms with E-state index in [4.69, 9.17) is 4.74 Å². The molecule has 118 valence electrons. The van der Waals surface area contributed by atoms with E-state index in [1.54, 1.807) is 13.2 Å². The van der Waals surface area contributed by atoms with Gasteiger partial charge in [-0.25, -0.2) is 0 Å². The Kier molecular flexibility index (Phi) is 3.27. The average Bonchev–Trinajstić information content (AvgIpc) is 2.93. The molecule has 23 heavy (non-hydrogen) atoms. The van der Waals surface area contributed by atoms with Crippen LogP contribution in [0.3, 0.4) is 0 Å². The van der Waals surface area contributed by atoms with E-state index in [1.165, 1.54) is 27.7 Å². The second-order valence-electron chi connectivity index (χ2n) is 6.13. The zero-order valence-electron chi connectivity index (χ0n) is 13.3. The summed E-state index contributed by atoms with van der Waals surface area (Å²) in [6.45, 7) is 3.06. The van der Waals surface area contributed by atoms with Crippen LogP contribution in [-0.2, 0) is 6.42 Å². The molecule has 4 nitrogen and oxygen atoms in total. The molecule has 4 rings (SSSR count). The summed E-state index contributed by atoms with van der Waals surface area (Å²) in [4.78, 5) is 3.58. The number of hydrogen-bond donors (Lipinski definition) is 3. The van der Waals surface area contributed by atoms with E-state index < -0.39 is 0 Å². The van der Waals surface area contributed by atoms with E-state index in [0.29, 0.717) is 5.75 Å². The van der Waals surface area contributed by atoms with Crippen LogP contribution in [0, 0.1) is 6.92 Å². The fourth-order valence-electron chi connectivity index (χ4n) is 3.50.